The number of amides is 1. The normalized spacial score (nSPS) is 11.9. The lowest BCUT2D eigenvalue weighted by Crippen LogP contribution is -2.25. The second-order valence-electron chi connectivity index (χ2n) is 3.27. The van der Waals surface area contributed by atoms with Gasteiger partial charge >= 0.3 is 5.97 Å². The largest absolute Gasteiger partial charge is 0.464 e. The first kappa shape index (κ1) is 13.6. The molecule has 1 heterocycles. The molecule has 1 unspecified atom stereocenters. The van der Waals surface area contributed by atoms with E-state index in [9.17, 15) is 9.59 Å². The van der Waals surface area contributed by atoms with Crippen molar-refractivity contribution in [2.24, 2.45) is 0 Å². The van der Waals surface area contributed by atoms with E-state index in [1.54, 1.807) is 0 Å². The number of carbonyl (C=O) groups is 2. The second-order valence-corrected chi connectivity index (χ2v) is 4.31. The van der Waals surface area contributed by atoms with Crippen molar-refractivity contribution in [3.63, 3.8) is 0 Å². The molecule has 1 aromatic rings. The lowest BCUT2D eigenvalue weighted by Gasteiger charge is -2.11. The molecule has 94 valence electrons. The third kappa shape index (κ3) is 3.23. The summed E-state index contributed by atoms with van der Waals surface area (Å²) >= 11 is 1.46. The first-order chi connectivity index (χ1) is 8.13. The SMILES string of the molecule is CCC(SC)C(=O)Nc1cn[nH]c1C(=O)OC. The quantitative estimate of drug-likeness (QED) is 0.776. The number of hydrogen-bond acceptors (Lipinski definition) is 5. The van der Waals surface area contributed by atoms with Crippen LogP contribution >= 0.6 is 11.8 Å². The average Bonchev–Trinajstić information content (AvgIpc) is 2.77. The third-order valence-corrected chi connectivity index (χ3v) is 3.35. The van der Waals surface area contributed by atoms with E-state index in [0.29, 0.717) is 5.69 Å². The fraction of sp³-hybridized carbons (Fsp3) is 0.500. The van der Waals surface area contributed by atoms with Gasteiger partial charge in [0.1, 0.15) is 0 Å². The van der Waals surface area contributed by atoms with Crippen LogP contribution in [0.1, 0.15) is 23.8 Å². The van der Waals surface area contributed by atoms with E-state index in [0.717, 1.165) is 6.42 Å². The Hall–Kier alpha value is -1.50. The number of thioether (sulfide) groups is 1. The first-order valence-corrected chi connectivity index (χ1v) is 6.38. The minimum Gasteiger partial charge on any atom is -0.464 e. The predicted octanol–water partition coefficient (Wildman–Crippen LogP) is 1.28. The van der Waals surface area contributed by atoms with Gasteiger partial charge in [-0.25, -0.2) is 4.79 Å². The molecular formula is C10H15N3O3S. The van der Waals surface area contributed by atoms with Gasteiger partial charge in [-0.2, -0.15) is 16.9 Å². The van der Waals surface area contributed by atoms with Crippen molar-refractivity contribution >= 4 is 29.3 Å². The number of rotatable bonds is 5. The third-order valence-electron chi connectivity index (χ3n) is 2.23. The number of nitrogens with one attached hydrogen (secondary N) is 2. The topological polar surface area (TPSA) is 84.1 Å². The van der Waals surface area contributed by atoms with Crippen LogP contribution in [0.2, 0.25) is 0 Å². The Bertz CT molecular complexity index is 401. The van der Waals surface area contributed by atoms with Crippen LogP contribution in [0.4, 0.5) is 5.69 Å². The first-order valence-electron chi connectivity index (χ1n) is 5.09. The Labute approximate surface area is 103 Å². The maximum absolute atomic E-state index is 11.8. The summed E-state index contributed by atoms with van der Waals surface area (Å²) in [6, 6.07) is 0. The minimum absolute atomic E-state index is 0.143. The Morgan fingerprint density at radius 3 is 2.88 bits per heavy atom. The number of aromatic amines is 1. The fourth-order valence-corrected chi connectivity index (χ4v) is 1.92. The fourth-order valence-electron chi connectivity index (χ4n) is 1.31. The van der Waals surface area contributed by atoms with Gasteiger partial charge in [-0.05, 0) is 12.7 Å². The molecule has 17 heavy (non-hydrogen) atoms. The van der Waals surface area contributed by atoms with Gasteiger partial charge in [-0.3, -0.25) is 9.89 Å². The van der Waals surface area contributed by atoms with Gasteiger partial charge in [0.15, 0.2) is 5.69 Å². The molecule has 1 aromatic heterocycles. The number of anilines is 1. The number of H-pyrrole nitrogens is 1. The molecular weight excluding hydrogens is 242 g/mol. The van der Waals surface area contributed by atoms with Gasteiger partial charge in [0, 0.05) is 0 Å². The van der Waals surface area contributed by atoms with Crippen molar-refractivity contribution in [2.75, 3.05) is 18.7 Å². The Balaban J connectivity index is 2.78. The maximum Gasteiger partial charge on any atom is 0.358 e. The number of carbonyl (C=O) groups excluding carboxylic acids is 2. The van der Waals surface area contributed by atoms with Crippen LogP contribution in [0, 0.1) is 0 Å². The molecule has 0 aromatic carbocycles. The molecule has 0 saturated heterocycles. The molecule has 2 N–H and O–H groups in total. The maximum atomic E-state index is 11.8. The lowest BCUT2D eigenvalue weighted by atomic mass is 10.3. The highest BCUT2D eigenvalue weighted by Gasteiger charge is 2.20. The van der Waals surface area contributed by atoms with E-state index < -0.39 is 5.97 Å². The average molecular weight is 257 g/mol. The molecule has 1 atom stereocenters. The summed E-state index contributed by atoms with van der Waals surface area (Å²) < 4.78 is 4.56. The van der Waals surface area contributed by atoms with Gasteiger partial charge < -0.3 is 10.1 Å². The molecule has 0 radical (unpaired) electrons. The van der Waals surface area contributed by atoms with Crippen LogP contribution in [-0.2, 0) is 9.53 Å². The highest BCUT2D eigenvalue weighted by Crippen LogP contribution is 2.17. The van der Waals surface area contributed by atoms with Gasteiger partial charge in [-0.15, -0.1) is 0 Å². The van der Waals surface area contributed by atoms with E-state index in [4.69, 9.17) is 0 Å². The summed E-state index contributed by atoms with van der Waals surface area (Å²) in [5, 5.41) is 8.71. The molecule has 0 fully saturated rings. The molecule has 0 saturated carbocycles. The number of methoxy groups -OCH3 is 1. The molecule has 6 nitrogen and oxygen atoms in total. The van der Waals surface area contributed by atoms with E-state index in [1.165, 1.54) is 25.1 Å². The van der Waals surface area contributed by atoms with Gasteiger partial charge in [0.2, 0.25) is 5.91 Å². The molecule has 1 amide bonds. The van der Waals surface area contributed by atoms with E-state index >= 15 is 0 Å². The highest BCUT2D eigenvalue weighted by molar-refractivity contribution is 7.99. The summed E-state index contributed by atoms with van der Waals surface area (Å²) in [4.78, 5) is 23.1. The van der Waals surface area contributed by atoms with Crippen LogP contribution in [0.5, 0.6) is 0 Å². The van der Waals surface area contributed by atoms with Crippen molar-refractivity contribution in [1.29, 1.82) is 0 Å². The van der Waals surface area contributed by atoms with Crippen LogP contribution in [0.25, 0.3) is 0 Å². The molecule has 0 bridgehead atoms. The molecule has 0 aliphatic carbocycles. The number of ether oxygens (including phenoxy) is 1. The second kappa shape index (κ2) is 6.29. The molecule has 1 rings (SSSR count). The number of aromatic nitrogens is 2. The van der Waals surface area contributed by atoms with Crippen molar-refractivity contribution in [2.45, 2.75) is 18.6 Å². The summed E-state index contributed by atoms with van der Waals surface area (Å²) in [5.41, 5.74) is 0.492. The van der Waals surface area contributed by atoms with Gasteiger partial charge in [-0.1, -0.05) is 6.92 Å². The Morgan fingerprint density at radius 1 is 1.65 bits per heavy atom. The molecule has 7 heteroatoms. The van der Waals surface area contributed by atoms with Crippen molar-refractivity contribution in [3.05, 3.63) is 11.9 Å². The summed E-state index contributed by atoms with van der Waals surface area (Å²) in [7, 11) is 1.27. The summed E-state index contributed by atoms with van der Waals surface area (Å²) in [5.74, 6) is -0.707. The zero-order valence-corrected chi connectivity index (χ0v) is 10.8. The number of nitrogens with zero attached hydrogens (tertiary/aromatic N) is 1. The molecule has 0 spiro atoms. The Kier molecular flexibility index (Phi) is 5.02. The molecule has 0 aliphatic rings. The van der Waals surface area contributed by atoms with Crippen molar-refractivity contribution in [3.8, 4) is 0 Å². The Morgan fingerprint density at radius 2 is 2.35 bits per heavy atom. The van der Waals surface area contributed by atoms with E-state index in [1.807, 2.05) is 13.2 Å². The highest BCUT2D eigenvalue weighted by atomic mass is 32.2. The van der Waals surface area contributed by atoms with Gasteiger partial charge in [0.25, 0.3) is 0 Å². The zero-order valence-electron chi connectivity index (χ0n) is 9.94. The number of hydrogen-bond donors (Lipinski definition) is 2. The van der Waals surface area contributed by atoms with Crippen LogP contribution in [-0.4, -0.2) is 40.7 Å². The standard InChI is InChI=1S/C10H15N3O3S/c1-4-7(17-3)9(14)12-6-5-11-13-8(6)10(15)16-2/h5,7H,4H2,1-3H3,(H,11,13)(H,12,14). The van der Waals surface area contributed by atoms with Crippen LogP contribution in [0.3, 0.4) is 0 Å². The minimum atomic E-state index is -0.560. The van der Waals surface area contributed by atoms with E-state index in [-0.39, 0.29) is 16.9 Å². The molecule has 0 aliphatic heterocycles. The number of esters is 1. The summed E-state index contributed by atoms with van der Waals surface area (Å²) in [6.07, 6.45) is 3.97. The van der Waals surface area contributed by atoms with Crippen LogP contribution in [0.15, 0.2) is 6.20 Å². The van der Waals surface area contributed by atoms with Crippen LogP contribution < -0.4 is 5.32 Å². The predicted molar refractivity (Wildman–Crippen MR) is 66.2 cm³/mol. The van der Waals surface area contributed by atoms with E-state index in [2.05, 4.69) is 20.3 Å². The monoisotopic (exact) mass is 257 g/mol. The zero-order chi connectivity index (χ0) is 12.8. The summed E-state index contributed by atoms with van der Waals surface area (Å²) in [6.45, 7) is 1.93. The van der Waals surface area contributed by atoms with Crippen molar-refractivity contribution in [1.82, 2.24) is 10.2 Å². The smallest absolute Gasteiger partial charge is 0.358 e. The van der Waals surface area contributed by atoms with Crippen molar-refractivity contribution < 1.29 is 14.3 Å². The van der Waals surface area contributed by atoms with Gasteiger partial charge in [0.05, 0.1) is 24.2 Å². The lowest BCUT2D eigenvalue weighted by molar-refractivity contribution is -0.115.